The summed E-state index contributed by atoms with van der Waals surface area (Å²) in [5, 5.41) is 23.4. The van der Waals surface area contributed by atoms with Gasteiger partial charge in [0, 0.05) is 25.7 Å². The van der Waals surface area contributed by atoms with Crippen LogP contribution in [0.1, 0.15) is 36.3 Å². The number of hydrogen-bond donors (Lipinski definition) is 4. The normalized spacial score (nSPS) is 18.5. The average Bonchev–Trinajstić information content (AvgIpc) is 3.19. The summed E-state index contributed by atoms with van der Waals surface area (Å²) >= 11 is 0. The number of aliphatic hydroxyl groups is 1. The lowest BCUT2D eigenvalue weighted by molar-refractivity contribution is 0.0747. The number of carbonyl (C=O) groups is 1. The van der Waals surface area contributed by atoms with E-state index in [1.54, 1.807) is 45.3 Å². The van der Waals surface area contributed by atoms with Crippen molar-refractivity contribution in [2.75, 3.05) is 17.7 Å². The monoisotopic (exact) mass is 399 g/mol. The van der Waals surface area contributed by atoms with E-state index in [-0.39, 0.29) is 5.56 Å². The maximum Gasteiger partial charge on any atom is 0.257 e. The standard InChI is InChI=1S/C19H22FN7O2/c1-19(2,29)16-12(5-4-6-22-16)24-14-8-15(21-3)27-17(26-14)10(9-23-27)18(28)25-13-7-11(13)20/h4-6,8-9,11,13,21,29H,7H2,1-3H3,(H,24,26)(H,25,28)/t11-,13+/m1/s1. The highest BCUT2D eigenvalue weighted by Gasteiger charge is 2.39. The Morgan fingerprint density at radius 3 is 2.83 bits per heavy atom. The van der Waals surface area contributed by atoms with Gasteiger partial charge >= 0.3 is 0 Å². The third-order valence-corrected chi connectivity index (χ3v) is 4.65. The van der Waals surface area contributed by atoms with E-state index in [0.717, 1.165) is 0 Å². The van der Waals surface area contributed by atoms with E-state index in [1.165, 1.54) is 10.7 Å². The van der Waals surface area contributed by atoms with Crippen LogP contribution in [-0.2, 0) is 5.60 Å². The van der Waals surface area contributed by atoms with Crippen LogP contribution in [0.3, 0.4) is 0 Å². The second-order valence-corrected chi connectivity index (χ2v) is 7.49. The molecule has 152 valence electrons. The number of amides is 1. The van der Waals surface area contributed by atoms with Crippen LogP contribution < -0.4 is 16.0 Å². The first-order chi connectivity index (χ1) is 13.8. The molecule has 1 fully saturated rings. The molecular weight excluding hydrogens is 377 g/mol. The van der Waals surface area contributed by atoms with E-state index in [0.29, 0.717) is 35.1 Å². The van der Waals surface area contributed by atoms with Gasteiger partial charge in [-0.1, -0.05) is 0 Å². The highest BCUT2D eigenvalue weighted by molar-refractivity contribution is 6.00. The minimum absolute atomic E-state index is 0.248. The van der Waals surface area contributed by atoms with Crippen LogP contribution in [0, 0.1) is 0 Å². The summed E-state index contributed by atoms with van der Waals surface area (Å²) in [5.41, 5.74) is 0.457. The van der Waals surface area contributed by atoms with Gasteiger partial charge in [-0.2, -0.15) is 9.61 Å². The molecule has 0 saturated heterocycles. The first-order valence-electron chi connectivity index (χ1n) is 9.24. The number of aromatic nitrogens is 4. The smallest absolute Gasteiger partial charge is 0.257 e. The highest BCUT2D eigenvalue weighted by Crippen LogP contribution is 2.29. The minimum atomic E-state index is -1.16. The van der Waals surface area contributed by atoms with Gasteiger partial charge in [0.1, 0.15) is 29.0 Å². The van der Waals surface area contributed by atoms with Crippen molar-refractivity contribution < 1.29 is 14.3 Å². The Labute approximate surface area is 166 Å². The molecule has 3 aromatic rings. The molecule has 4 rings (SSSR count). The SMILES string of the molecule is CNc1cc(Nc2cccnc2C(C)(C)O)nc2c(C(=O)N[C@H]3C[C@H]3F)cnn12. The quantitative estimate of drug-likeness (QED) is 0.501. The number of hydrogen-bond acceptors (Lipinski definition) is 7. The van der Waals surface area contributed by atoms with Crippen LogP contribution in [0.25, 0.3) is 5.65 Å². The molecule has 0 unspecified atom stereocenters. The molecule has 1 aliphatic carbocycles. The molecule has 3 aromatic heterocycles. The van der Waals surface area contributed by atoms with E-state index >= 15 is 0 Å². The number of fused-ring (bicyclic) bond motifs is 1. The summed E-state index contributed by atoms with van der Waals surface area (Å²) in [6.45, 7) is 3.29. The van der Waals surface area contributed by atoms with Gasteiger partial charge in [0.15, 0.2) is 5.65 Å². The van der Waals surface area contributed by atoms with Crippen molar-refractivity contribution >= 4 is 28.9 Å². The maximum absolute atomic E-state index is 13.2. The van der Waals surface area contributed by atoms with Crippen molar-refractivity contribution in [2.45, 2.75) is 38.1 Å². The number of pyridine rings is 1. The molecule has 4 N–H and O–H groups in total. The van der Waals surface area contributed by atoms with E-state index in [1.807, 2.05) is 0 Å². The highest BCUT2D eigenvalue weighted by atomic mass is 19.1. The van der Waals surface area contributed by atoms with Gasteiger partial charge in [-0.25, -0.2) is 9.37 Å². The van der Waals surface area contributed by atoms with Gasteiger partial charge in [-0.3, -0.25) is 9.78 Å². The van der Waals surface area contributed by atoms with Crippen molar-refractivity contribution in [1.29, 1.82) is 0 Å². The van der Waals surface area contributed by atoms with Gasteiger partial charge < -0.3 is 21.1 Å². The predicted octanol–water partition coefficient (Wildman–Crippen LogP) is 1.98. The number of nitrogens with one attached hydrogen (secondary N) is 3. The van der Waals surface area contributed by atoms with Crippen molar-refractivity contribution in [3.05, 3.63) is 41.9 Å². The van der Waals surface area contributed by atoms with E-state index < -0.39 is 23.7 Å². The zero-order chi connectivity index (χ0) is 20.8. The number of rotatable bonds is 6. The molecule has 1 aliphatic rings. The fourth-order valence-corrected chi connectivity index (χ4v) is 3.06. The molecule has 9 nitrogen and oxygen atoms in total. The molecule has 0 radical (unpaired) electrons. The molecule has 3 heterocycles. The van der Waals surface area contributed by atoms with Crippen LogP contribution in [0.5, 0.6) is 0 Å². The fraction of sp³-hybridized carbons (Fsp3) is 0.368. The van der Waals surface area contributed by atoms with Crippen molar-refractivity contribution in [3.8, 4) is 0 Å². The Balaban J connectivity index is 1.72. The molecule has 1 saturated carbocycles. The lowest BCUT2D eigenvalue weighted by atomic mass is 10.0. The maximum atomic E-state index is 13.2. The molecule has 29 heavy (non-hydrogen) atoms. The fourth-order valence-electron chi connectivity index (χ4n) is 3.06. The summed E-state index contributed by atoms with van der Waals surface area (Å²) in [6, 6.07) is 4.80. The van der Waals surface area contributed by atoms with E-state index in [2.05, 4.69) is 31.0 Å². The number of halogens is 1. The minimum Gasteiger partial charge on any atom is -0.384 e. The molecule has 0 bridgehead atoms. The summed E-state index contributed by atoms with van der Waals surface area (Å²) < 4.78 is 14.7. The first-order valence-corrected chi connectivity index (χ1v) is 9.24. The van der Waals surface area contributed by atoms with Gasteiger partial charge in [-0.15, -0.1) is 0 Å². The second kappa shape index (κ2) is 6.96. The average molecular weight is 399 g/mol. The zero-order valence-electron chi connectivity index (χ0n) is 16.3. The Morgan fingerprint density at radius 2 is 2.17 bits per heavy atom. The molecular formula is C19H22FN7O2. The van der Waals surface area contributed by atoms with Crippen LogP contribution in [0.4, 0.5) is 21.7 Å². The van der Waals surface area contributed by atoms with Crippen LogP contribution in [-0.4, -0.2) is 49.9 Å². The van der Waals surface area contributed by atoms with Crippen LogP contribution in [0.15, 0.2) is 30.6 Å². The second-order valence-electron chi connectivity index (χ2n) is 7.49. The number of alkyl halides is 1. The number of carbonyl (C=O) groups excluding carboxylic acids is 1. The molecule has 0 spiro atoms. The zero-order valence-corrected chi connectivity index (χ0v) is 16.3. The summed E-state index contributed by atoms with van der Waals surface area (Å²) in [7, 11) is 1.73. The summed E-state index contributed by atoms with van der Waals surface area (Å²) in [5.74, 6) is 0.611. The number of nitrogens with zero attached hydrogens (tertiary/aromatic N) is 4. The summed E-state index contributed by atoms with van der Waals surface area (Å²) in [6.07, 6.45) is 2.34. The molecule has 0 aromatic carbocycles. The Morgan fingerprint density at radius 1 is 1.41 bits per heavy atom. The Bertz CT molecular complexity index is 1080. The first kappa shape index (κ1) is 19.1. The Hall–Kier alpha value is -3.27. The van der Waals surface area contributed by atoms with Crippen molar-refractivity contribution in [3.63, 3.8) is 0 Å². The summed E-state index contributed by atoms with van der Waals surface area (Å²) in [4.78, 5) is 21.3. The molecule has 2 atom stereocenters. The van der Waals surface area contributed by atoms with Crippen LogP contribution in [0.2, 0.25) is 0 Å². The third kappa shape index (κ3) is 3.70. The number of anilines is 3. The van der Waals surface area contributed by atoms with Gasteiger partial charge in [0.25, 0.3) is 5.91 Å². The molecule has 10 heteroatoms. The third-order valence-electron chi connectivity index (χ3n) is 4.65. The Kier molecular flexibility index (Phi) is 4.58. The topological polar surface area (TPSA) is 116 Å². The van der Waals surface area contributed by atoms with E-state index in [9.17, 15) is 14.3 Å². The largest absolute Gasteiger partial charge is 0.384 e. The van der Waals surface area contributed by atoms with Gasteiger partial charge in [0.2, 0.25) is 0 Å². The van der Waals surface area contributed by atoms with Crippen molar-refractivity contribution in [2.24, 2.45) is 0 Å². The van der Waals surface area contributed by atoms with Gasteiger partial charge in [0.05, 0.1) is 23.6 Å². The predicted molar refractivity (Wildman–Crippen MR) is 106 cm³/mol. The van der Waals surface area contributed by atoms with Crippen LogP contribution >= 0.6 is 0 Å². The van der Waals surface area contributed by atoms with E-state index in [4.69, 9.17) is 0 Å². The van der Waals surface area contributed by atoms with Gasteiger partial charge in [-0.05, 0) is 26.0 Å². The lowest BCUT2D eigenvalue weighted by Gasteiger charge is -2.20. The molecule has 0 aliphatic heterocycles. The lowest BCUT2D eigenvalue weighted by Crippen LogP contribution is -2.27. The molecule has 1 amide bonds. The van der Waals surface area contributed by atoms with Crippen molar-refractivity contribution in [1.82, 2.24) is 24.9 Å².